The number of halogens is 1. The third-order valence-corrected chi connectivity index (χ3v) is 9.37. The van der Waals surface area contributed by atoms with Crippen molar-refractivity contribution < 1.29 is 18.8 Å². The van der Waals surface area contributed by atoms with E-state index in [0.29, 0.717) is 37.7 Å². The monoisotopic (exact) mass is 569 g/mol. The number of anilines is 1. The lowest BCUT2D eigenvalue weighted by atomic mass is 9.88. The number of aromatic nitrogens is 2. The van der Waals surface area contributed by atoms with Crippen LogP contribution >= 0.6 is 23.1 Å². The van der Waals surface area contributed by atoms with Gasteiger partial charge in [0.1, 0.15) is 18.2 Å². The fraction of sp³-hybridized carbons (Fsp3) is 0.429. The molecule has 5 rings (SSSR count). The molecule has 0 spiro atoms. The van der Waals surface area contributed by atoms with E-state index in [1.807, 2.05) is 11.4 Å². The second kappa shape index (κ2) is 10.8. The number of piperazine rings is 1. The number of amides is 3. The summed E-state index contributed by atoms with van der Waals surface area (Å²) in [6, 6.07) is 10.1. The van der Waals surface area contributed by atoms with Crippen molar-refractivity contribution in [2.75, 3.05) is 43.4 Å². The molecule has 0 saturated carbocycles. The Hall–Kier alpha value is -3.18. The van der Waals surface area contributed by atoms with Gasteiger partial charge in [-0.25, -0.2) is 9.07 Å². The number of rotatable bonds is 4. The summed E-state index contributed by atoms with van der Waals surface area (Å²) in [5, 5.41) is 6.89. The molecule has 1 fully saturated rings. The molecule has 8 nitrogen and oxygen atoms in total. The van der Waals surface area contributed by atoms with E-state index in [2.05, 4.69) is 26.8 Å². The number of carbonyl (C=O) groups excluding carboxylic acids is 3. The quantitative estimate of drug-likeness (QED) is 0.470. The molecule has 1 atom stereocenters. The molecule has 1 saturated heterocycles. The Morgan fingerprint density at radius 2 is 1.72 bits per heavy atom. The van der Waals surface area contributed by atoms with Gasteiger partial charge in [-0.1, -0.05) is 26.8 Å². The molecule has 4 heterocycles. The SMILES string of the molecule is CC(=O)N1CCN(C(=O)CN2C(=O)CS[C@@H](c3cccs3)c3c(C(C)(C)C)nn(-c4ccc(F)cc4)c32)CC1. The van der Waals surface area contributed by atoms with Gasteiger partial charge in [-0.15, -0.1) is 23.1 Å². The van der Waals surface area contributed by atoms with Crippen molar-refractivity contribution in [3.63, 3.8) is 0 Å². The van der Waals surface area contributed by atoms with Gasteiger partial charge >= 0.3 is 0 Å². The molecular weight excluding hydrogens is 537 g/mol. The number of hydrogen-bond donors (Lipinski definition) is 0. The van der Waals surface area contributed by atoms with E-state index >= 15 is 0 Å². The van der Waals surface area contributed by atoms with Gasteiger partial charge in [0.25, 0.3) is 0 Å². The smallest absolute Gasteiger partial charge is 0.242 e. The van der Waals surface area contributed by atoms with Gasteiger partial charge in [-0.2, -0.15) is 5.10 Å². The van der Waals surface area contributed by atoms with E-state index in [-0.39, 0.29) is 46.5 Å². The summed E-state index contributed by atoms with van der Waals surface area (Å²) in [6.45, 7) is 9.41. The predicted molar refractivity (Wildman–Crippen MR) is 152 cm³/mol. The minimum Gasteiger partial charge on any atom is -0.339 e. The van der Waals surface area contributed by atoms with Crippen LogP contribution in [0.4, 0.5) is 10.2 Å². The van der Waals surface area contributed by atoms with Crippen LogP contribution in [0.3, 0.4) is 0 Å². The molecule has 1 aromatic carbocycles. The number of nitrogens with zero attached hydrogens (tertiary/aromatic N) is 5. The molecule has 2 aliphatic heterocycles. The number of thiophene rings is 1. The molecule has 2 aromatic heterocycles. The highest BCUT2D eigenvalue weighted by Crippen LogP contribution is 2.49. The second-order valence-corrected chi connectivity index (χ2v) is 12.9. The lowest BCUT2D eigenvalue weighted by molar-refractivity contribution is -0.137. The fourth-order valence-electron chi connectivity index (χ4n) is 5.01. The first-order valence-corrected chi connectivity index (χ1v) is 14.9. The molecule has 0 bridgehead atoms. The molecule has 0 N–H and O–H groups in total. The maximum atomic E-state index is 13.9. The summed E-state index contributed by atoms with van der Waals surface area (Å²) >= 11 is 3.17. The molecule has 0 aliphatic carbocycles. The minimum atomic E-state index is -0.368. The fourth-order valence-corrected chi connectivity index (χ4v) is 7.18. The summed E-state index contributed by atoms with van der Waals surface area (Å²) in [5.41, 5.74) is 1.98. The molecular formula is C28H32FN5O3S2. The Labute approximate surface area is 235 Å². The van der Waals surface area contributed by atoms with Gasteiger partial charge in [-0.3, -0.25) is 19.3 Å². The Morgan fingerprint density at radius 3 is 2.31 bits per heavy atom. The molecule has 0 unspecified atom stereocenters. The number of hydrogen-bond acceptors (Lipinski definition) is 6. The maximum absolute atomic E-state index is 13.9. The highest BCUT2D eigenvalue weighted by molar-refractivity contribution is 8.00. The van der Waals surface area contributed by atoms with E-state index in [0.717, 1.165) is 16.1 Å². The maximum Gasteiger partial charge on any atom is 0.242 e. The molecule has 206 valence electrons. The van der Waals surface area contributed by atoms with Crippen LogP contribution < -0.4 is 4.90 Å². The Bertz CT molecular complexity index is 1370. The van der Waals surface area contributed by atoms with Crippen molar-refractivity contribution in [1.82, 2.24) is 19.6 Å². The van der Waals surface area contributed by atoms with Gasteiger partial charge in [0.05, 0.1) is 22.4 Å². The van der Waals surface area contributed by atoms with Crippen LogP contribution in [0.15, 0.2) is 41.8 Å². The summed E-state index contributed by atoms with van der Waals surface area (Å²) in [6.07, 6.45) is 0. The zero-order valence-electron chi connectivity index (χ0n) is 22.5. The summed E-state index contributed by atoms with van der Waals surface area (Å²) < 4.78 is 15.6. The van der Waals surface area contributed by atoms with Crippen LogP contribution in [0.2, 0.25) is 0 Å². The van der Waals surface area contributed by atoms with E-state index < -0.39 is 0 Å². The third kappa shape index (κ3) is 5.47. The zero-order valence-corrected chi connectivity index (χ0v) is 24.1. The molecule has 0 radical (unpaired) electrons. The summed E-state index contributed by atoms with van der Waals surface area (Å²) in [7, 11) is 0. The Balaban J connectivity index is 1.62. The highest BCUT2D eigenvalue weighted by atomic mass is 32.2. The van der Waals surface area contributed by atoms with E-state index in [4.69, 9.17) is 5.10 Å². The number of fused-ring (bicyclic) bond motifs is 1. The minimum absolute atomic E-state index is 0.0102. The van der Waals surface area contributed by atoms with Gasteiger partial charge < -0.3 is 9.80 Å². The van der Waals surface area contributed by atoms with Crippen LogP contribution in [0, 0.1) is 5.82 Å². The topological polar surface area (TPSA) is 78.8 Å². The molecule has 11 heteroatoms. The van der Waals surface area contributed by atoms with Crippen LogP contribution in [0.1, 0.15) is 49.1 Å². The third-order valence-electron chi connectivity index (χ3n) is 7.04. The molecule has 2 aliphatic rings. The van der Waals surface area contributed by atoms with E-state index in [9.17, 15) is 18.8 Å². The Morgan fingerprint density at radius 1 is 1.05 bits per heavy atom. The van der Waals surface area contributed by atoms with Crippen LogP contribution in [-0.4, -0.2) is 75.8 Å². The van der Waals surface area contributed by atoms with Gasteiger partial charge in [0, 0.05) is 49.0 Å². The first-order chi connectivity index (χ1) is 18.5. The lowest BCUT2D eigenvalue weighted by Gasteiger charge is -2.35. The van der Waals surface area contributed by atoms with Crippen molar-refractivity contribution >= 4 is 46.6 Å². The lowest BCUT2D eigenvalue weighted by Crippen LogP contribution is -2.53. The van der Waals surface area contributed by atoms with Crippen molar-refractivity contribution in [2.24, 2.45) is 0 Å². The van der Waals surface area contributed by atoms with Crippen LogP contribution in [-0.2, 0) is 19.8 Å². The number of benzene rings is 1. The van der Waals surface area contributed by atoms with Crippen LogP contribution in [0.5, 0.6) is 0 Å². The molecule has 3 aromatic rings. The largest absolute Gasteiger partial charge is 0.339 e. The average Bonchev–Trinajstić information content (AvgIpc) is 3.54. The average molecular weight is 570 g/mol. The number of thioether (sulfide) groups is 1. The van der Waals surface area contributed by atoms with E-state index in [1.165, 1.54) is 19.1 Å². The number of carbonyl (C=O) groups is 3. The zero-order chi connectivity index (χ0) is 27.9. The van der Waals surface area contributed by atoms with Crippen molar-refractivity contribution in [3.8, 4) is 5.69 Å². The van der Waals surface area contributed by atoms with Gasteiger partial charge in [0.2, 0.25) is 17.7 Å². The first kappa shape index (κ1) is 27.4. The molecule has 3 amide bonds. The van der Waals surface area contributed by atoms with Gasteiger partial charge in [-0.05, 0) is 35.7 Å². The highest BCUT2D eigenvalue weighted by Gasteiger charge is 2.40. The molecule has 39 heavy (non-hydrogen) atoms. The predicted octanol–water partition coefficient (Wildman–Crippen LogP) is 4.23. The second-order valence-electron chi connectivity index (χ2n) is 10.8. The van der Waals surface area contributed by atoms with Crippen molar-refractivity contribution in [3.05, 3.63) is 63.7 Å². The summed E-state index contributed by atoms with van der Waals surface area (Å²) in [4.78, 5) is 45.1. The summed E-state index contributed by atoms with van der Waals surface area (Å²) in [5.74, 6) is 0.0174. The first-order valence-electron chi connectivity index (χ1n) is 12.9. The van der Waals surface area contributed by atoms with Gasteiger partial charge in [0.15, 0.2) is 0 Å². The van der Waals surface area contributed by atoms with E-state index in [1.54, 1.807) is 54.6 Å². The van der Waals surface area contributed by atoms with Crippen molar-refractivity contribution in [1.29, 1.82) is 0 Å². The Kier molecular flexibility index (Phi) is 7.56. The van der Waals surface area contributed by atoms with Crippen molar-refractivity contribution in [2.45, 2.75) is 38.4 Å². The normalized spacial score (nSPS) is 18.2. The standard InChI is InChI=1S/C28H32FN5O3S2/c1-18(35)31-11-13-32(14-12-31)22(36)16-33-23(37)17-39-25(21-6-5-15-38-21)24-26(28(2,3)4)30-34(27(24)33)20-9-7-19(29)8-10-20/h5-10,15,25H,11-14,16-17H2,1-4H3/t25-/m0/s1. The van der Waals surface area contributed by atoms with Crippen LogP contribution in [0.25, 0.3) is 5.69 Å².